The number of hydrogen-bond acceptors (Lipinski definition) is 0. The fourth-order valence-electron chi connectivity index (χ4n) is 12.9. The topological polar surface area (TPSA) is 19.7 Å². The van der Waals surface area contributed by atoms with Crippen molar-refractivity contribution < 1.29 is 0 Å². The summed E-state index contributed by atoms with van der Waals surface area (Å²) in [6, 6.07) is 101. The second-order valence-electron chi connectivity index (χ2n) is 21.3. The third kappa shape index (κ3) is 7.67. The Morgan fingerprint density at radius 1 is 0.225 bits per heavy atom. The summed E-state index contributed by atoms with van der Waals surface area (Å²) in [6.45, 7) is 4.48. The highest BCUT2D eigenvalue weighted by Crippen LogP contribution is 2.44. The zero-order valence-corrected chi connectivity index (χ0v) is 44.7. The summed E-state index contributed by atoms with van der Waals surface area (Å²) in [5, 5.41) is 12.6. The third-order valence-corrected chi connectivity index (χ3v) is 16.7. The maximum absolute atomic E-state index is 2.47. The molecule has 0 bridgehead atoms. The molecule has 0 N–H and O–H groups in total. The van der Waals surface area contributed by atoms with Crippen LogP contribution in [0.3, 0.4) is 0 Å². The Morgan fingerprint density at radius 3 is 0.900 bits per heavy atom. The van der Waals surface area contributed by atoms with Gasteiger partial charge in [0.25, 0.3) is 0 Å². The molecule has 2 unspecified atom stereocenters. The summed E-state index contributed by atoms with van der Waals surface area (Å²) in [7, 11) is 0. The number of aromatic nitrogens is 4. The normalized spacial score (nSPS) is 12.7. The monoisotopic (exact) mass is 1020 g/mol. The van der Waals surface area contributed by atoms with Crippen LogP contribution in [0, 0.1) is 0 Å². The fourth-order valence-corrected chi connectivity index (χ4v) is 12.9. The first-order chi connectivity index (χ1) is 39.6. The zero-order valence-electron chi connectivity index (χ0n) is 44.7. The molecule has 80 heavy (non-hydrogen) atoms. The van der Waals surface area contributed by atoms with Crippen molar-refractivity contribution in [2.24, 2.45) is 0 Å². The van der Waals surface area contributed by atoms with Crippen molar-refractivity contribution in [3.8, 4) is 22.7 Å². The van der Waals surface area contributed by atoms with Crippen LogP contribution in [-0.4, -0.2) is 18.3 Å². The molecule has 0 radical (unpaired) electrons. The third-order valence-electron chi connectivity index (χ3n) is 16.7. The lowest BCUT2D eigenvalue weighted by molar-refractivity contribution is 0.914. The van der Waals surface area contributed by atoms with Gasteiger partial charge in [0, 0.05) is 65.8 Å². The Balaban J connectivity index is 0.000000263. The molecule has 4 heteroatoms. The first kappa shape index (κ1) is 47.1. The second-order valence-corrected chi connectivity index (χ2v) is 21.3. The van der Waals surface area contributed by atoms with Crippen molar-refractivity contribution in [3.63, 3.8) is 0 Å². The molecule has 16 aromatic rings. The molecule has 16 rings (SSSR count). The average molecular weight is 1030 g/mol. The first-order valence-corrected chi connectivity index (χ1v) is 27.9. The molecule has 12 aromatic carbocycles. The predicted octanol–water partition coefficient (Wildman–Crippen LogP) is 20.4. The summed E-state index contributed by atoms with van der Waals surface area (Å²) < 4.78 is 9.70. The van der Waals surface area contributed by atoms with Crippen molar-refractivity contribution in [2.75, 3.05) is 0 Å². The number of para-hydroxylation sites is 6. The van der Waals surface area contributed by atoms with Crippen molar-refractivity contribution in [2.45, 2.75) is 25.7 Å². The van der Waals surface area contributed by atoms with E-state index in [-0.39, 0.29) is 0 Å². The highest BCUT2D eigenvalue weighted by molar-refractivity contribution is 6.30. The Bertz CT molecular complexity index is 4700. The van der Waals surface area contributed by atoms with Gasteiger partial charge in [-0.2, -0.15) is 0 Å². The van der Waals surface area contributed by atoms with Gasteiger partial charge in [0.1, 0.15) is 0 Å². The van der Waals surface area contributed by atoms with Crippen LogP contribution in [0.25, 0.3) is 121 Å². The second kappa shape index (κ2) is 19.4. The van der Waals surface area contributed by atoms with Gasteiger partial charge in [0.2, 0.25) is 0 Å². The Labute approximate surface area is 464 Å². The number of fused-ring (bicyclic) bond motifs is 15. The standard InChI is InChI=1S/C58H36N4.C18H20/c1-3-15-37(16-4-1)59-49-23-11-7-19-41(49)47-35-39(27-31-53(47)59)61-51-25-13-9-21-45(51)57-43-30-34-56-58(44(43)29-33-55(57)61)46-22-10-14-26-52(46)62(56)40-28-32-54-48(36-40)42-20-8-12-24-50(42)60(54)38-17-5-2-6-18-38;1-15(17-9-5-3-6-10-17)13-14-16(2)18-11-7-4-8-12-18/h1-36H;3-16H,1-2H3/b;14-13-. The molecule has 0 spiro atoms. The van der Waals surface area contributed by atoms with Crippen LogP contribution in [0.1, 0.15) is 36.8 Å². The van der Waals surface area contributed by atoms with E-state index in [4.69, 9.17) is 0 Å². The minimum atomic E-state index is 0.470. The Kier molecular flexibility index (Phi) is 11.4. The number of rotatable bonds is 8. The minimum absolute atomic E-state index is 0.470. The first-order valence-electron chi connectivity index (χ1n) is 27.9. The van der Waals surface area contributed by atoms with E-state index in [1.807, 2.05) is 0 Å². The lowest BCUT2D eigenvalue weighted by atomic mass is 9.96. The highest BCUT2D eigenvalue weighted by Gasteiger charge is 2.22. The van der Waals surface area contributed by atoms with Gasteiger partial charge in [0.15, 0.2) is 0 Å². The van der Waals surface area contributed by atoms with Gasteiger partial charge in [0.05, 0.1) is 44.1 Å². The molecule has 0 amide bonds. The molecule has 4 heterocycles. The number of benzene rings is 12. The van der Waals surface area contributed by atoms with Crippen molar-refractivity contribution >= 4 is 98.0 Å². The quantitative estimate of drug-likeness (QED) is 0.135. The minimum Gasteiger partial charge on any atom is -0.309 e. The van der Waals surface area contributed by atoms with Gasteiger partial charge < -0.3 is 18.3 Å². The molecule has 0 fully saturated rings. The van der Waals surface area contributed by atoms with Gasteiger partial charge in [-0.1, -0.05) is 208 Å². The summed E-state index contributed by atoms with van der Waals surface area (Å²) in [5.41, 5.74) is 17.0. The van der Waals surface area contributed by atoms with Crippen LogP contribution >= 0.6 is 0 Å². The van der Waals surface area contributed by atoms with Crippen molar-refractivity contribution in [1.82, 2.24) is 18.3 Å². The highest BCUT2D eigenvalue weighted by atomic mass is 15.0. The molecule has 2 atom stereocenters. The van der Waals surface area contributed by atoms with Gasteiger partial charge in [-0.25, -0.2) is 0 Å². The van der Waals surface area contributed by atoms with Gasteiger partial charge in [-0.3, -0.25) is 0 Å². The molecule has 380 valence electrons. The van der Waals surface area contributed by atoms with Crippen LogP contribution in [0.2, 0.25) is 0 Å². The summed E-state index contributed by atoms with van der Waals surface area (Å²) in [6.07, 6.45) is 4.60. The van der Waals surface area contributed by atoms with Crippen molar-refractivity contribution in [3.05, 3.63) is 302 Å². The van der Waals surface area contributed by atoms with Gasteiger partial charge >= 0.3 is 0 Å². The molecule has 0 aliphatic rings. The van der Waals surface area contributed by atoms with Crippen LogP contribution in [0.4, 0.5) is 0 Å². The Hall–Kier alpha value is -10.2. The molecular weight excluding hydrogens is 969 g/mol. The zero-order chi connectivity index (χ0) is 53.3. The van der Waals surface area contributed by atoms with Crippen LogP contribution in [-0.2, 0) is 0 Å². The summed E-state index contributed by atoms with van der Waals surface area (Å²) >= 11 is 0. The van der Waals surface area contributed by atoms with Gasteiger partial charge in [-0.05, 0) is 131 Å². The maximum Gasteiger partial charge on any atom is 0.0547 e. The molecule has 0 saturated carbocycles. The van der Waals surface area contributed by atoms with Crippen LogP contribution in [0.15, 0.2) is 291 Å². The van der Waals surface area contributed by atoms with E-state index in [0.29, 0.717) is 11.8 Å². The van der Waals surface area contributed by atoms with E-state index in [2.05, 4.69) is 323 Å². The molecular formula is C76H56N4. The molecule has 4 aromatic heterocycles. The van der Waals surface area contributed by atoms with E-state index >= 15 is 0 Å². The summed E-state index contributed by atoms with van der Waals surface area (Å²) in [4.78, 5) is 0. The Morgan fingerprint density at radius 2 is 0.512 bits per heavy atom. The molecule has 0 saturated heterocycles. The van der Waals surface area contributed by atoms with E-state index in [1.165, 1.54) is 120 Å². The number of hydrogen-bond donors (Lipinski definition) is 0. The van der Waals surface area contributed by atoms with E-state index in [1.54, 1.807) is 0 Å². The smallest absolute Gasteiger partial charge is 0.0547 e. The van der Waals surface area contributed by atoms with Crippen LogP contribution < -0.4 is 0 Å². The lowest BCUT2D eigenvalue weighted by Gasteiger charge is -2.11. The van der Waals surface area contributed by atoms with E-state index < -0.39 is 0 Å². The van der Waals surface area contributed by atoms with E-state index in [0.717, 1.165) is 11.4 Å². The summed E-state index contributed by atoms with van der Waals surface area (Å²) in [5.74, 6) is 0.940. The molecule has 0 aliphatic carbocycles. The lowest BCUT2D eigenvalue weighted by Crippen LogP contribution is -1.96. The maximum atomic E-state index is 2.47. The van der Waals surface area contributed by atoms with Crippen LogP contribution in [0.5, 0.6) is 0 Å². The largest absolute Gasteiger partial charge is 0.309 e. The van der Waals surface area contributed by atoms with Crippen molar-refractivity contribution in [1.29, 1.82) is 0 Å². The predicted molar refractivity (Wildman–Crippen MR) is 340 cm³/mol. The van der Waals surface area contributed by atoms with E-state index in [9.17, 15) is 0 Å². The number of allylic oxidation sites excluding steroid dienone is 2. The fraction of sp³-hybridized carbons (Fsp3) is 0.0526. The van der Waals surface area contributed by atoms with Gasteiger partial charge in [-0.15, -0.1) is 0 Å². The SMILES string of the molecule is CC(/C=C\C(C)c1ccccc1)c1ccccc1.c1ccc(-n2c3ccccc3c3cc(-n4c5ccccc5c5c6ccc7c(c6ccc54)c4ccccc4n7-c4ccc5c(c4)c4ccccc4n5-c4ccccc4)ccc32)cc1. The molecule has 0 aliphatic heterocycles. The average Bonchev–Trinajstić information content (AvgIpc) is 4.42. The molecule has 4 nitrogen and oxygen atoms in total. The number of nitrogens with zero attached hydrogens (tertiary/aromatic N) is 4.